The Labute approximate surface area is 138 Å². The molecular weight excluding hydrogens is 315 g/mol. The monoisotopic (exact) mass is 328 g/mol. The molecule has 2 aromatic carbocycles. The van der Waals surface area contributed by atoms with Gasteiger partial charge in [0, 0.05) is 6.07 Å². The molecule has 1 aliphatic heterocycles. The lowest BCUT2D eigenvalue weighted by Gasteiger charge is -2.14. The van der Waals surface area contributed by atoms with E-state index in [4.69, 9.17) is 17.0 Å². The Morgan fingerprint density at radius 1 is 1.22 bits per heavy atom. The summed E-state index contributed by atoms with van der Waals surface area (Å²) in [6, 6.07) is 13.0. The molecule has 116 valence electrons. The van der Waals surface area contributed by atoms with Crippen molar-refractivity contribution in [1.29, 1.82) is 0 Å². The van der Waals surface area contributed by atoms with Gasteiger partial charge in [0.25, 0.3) is 5.91 Å². The molecule has 2 aromatic rings. The minimum Gasteiger partial charge on any atom is -0.497 e. The summed E-state index contributed by atoms with van der Waals surface area (Å²) < 4.78 is 18.4. The van der Waals surface area contributed by atoms with Gasteiger partial charge < -0.3 is 10.1 Å². The lowest BCUT2D eigenvalue weighted by Crippen LogP contribution is -2.30. The number of nitrogens with zero attached hydrogens (tertiary/aromatic N) is 1. The smallest absolute Gasteiger partial charge is 0.281 e. The van der Waals surface area contributed by atoms with E-state index in [1.54, 1.807) is 49.6 Å². The Morgan fingerprint density at radius 3 is 2.74 bits per heavy atom. The molecule has 0 aliphatic carbocycles. The van der Waals surface area contributed by atoms with E-state index >= 15 is 0 Å². The molecule has 0 atom stereocenters. The second-order valence-corrected chi connectivity index (χ2v) is 5.27. The van der Waals surface area contributed by atoms with Gasteiger partial charge in [0.2, 0.25) is 0 Å². The predicted molar refractivity (Wildman–Crippen MR) is 90.6 cm³/mol. The molecule has 1 saturated heterocycles. The minimum absolute atomic E-state index is 0.269. The average Bonchev–Trinajstić information content (AvgIpc) is 2.81. The minimum atomic E-state index is -0.364. The number of carbonyl (C=O) groups excluding carboxylic acids is 1. The first kappa shape index (κ1) is 15.2. The highest BCUT2D eigenvalue weighted by atomic mass is 32.1. The van der Waals surface area contributed by atoms with Crippen molar-refractivity contribution in [2.45, 2.75) is 0 Å². The average molecular weight is 328 g/mol. The number of nitrogens with one attached hydrogen (secondary N) is 1. The molecule has 4 nitrogen and oxygen atoms in total. The van der Waals surface area contributed by atoms with E-state index in [1.165, 1.54) is 17.0 Å². The first-order valence-corrected chi connectivity index (χ1v) is 7.26. The van der Waals surface area contributed by atoms with Crippen LogP contribution < -0.4 is 15.0 Å². The van der Waals surface area contributed by atoms with Gasteiger partial charge in [-0.3, -0.25) is 9.69 Å². The van der Waals surface area contributed by atoms with Gasteiger partial charge in [-0.25, -0.2) is 4.39 Å². The van der Waals surface area contributed by atoms with Gasteiger partial charge in [0.05, 0.1) is 12.8 Å². The van der Waals surface area contributed by atoms with Crippen molar-refractivity contribution in [1.82, 2.24) is 5.32 Å². The Morgan fingerprint density at radius 2 is 2.00 bits per heavy atom. The molecule has 0 bridgehead atoms. The second kappa shape index (κ2) is 6.18. The molecular formula is C17H13FN2O2S. The number of thiocarbonyl (C=S) groups is 1. The van der Waals surface area contributed by atoms with Gasteiger partial charge in [-0.2, -0.15) is 0 Å². The summed E-state index contributed by atoms with van der Waals surface area (Å²) in [6.45, 7) is 0. The molecule has 0 radical (unpaired) electrons. The summed E-state index contributed by atoms with van der Waals surface area (Å²) in [7, 11) is 1.55. The molecule has 0 aromatic heterocycles. The largest absolute Gasteiger partial charge is 0.497 e. The third-order valence-corrected chi connectivity index (χ3v) is 3.63. The zero-order valence-corrected chi connectivity index (χ0v) is 13.1. The molecule has 1 heterocycles. The number of halogens is 1. The van der Waals surface area contributed by atoms with Gasteiger partial charge >= 0.3 is 0 Å². The van der Waals surface area contributed by atoms with Crippen molar-refractivity contribution in [3.05, 3.63) is 65.6 Å². The Bertz CT molecular complexity index is 820. The molecule has 1 N–H and O–H groups in total. The van der Waals surface area contributed by atoms with Crippen molar-refractivity contribution in [3.63, 3.8) is 0 Å². The fourth-order valence-corrected chi connectivity index (χ4v) is 2.58. The molecule has 1 amide bonds. The lowest BCUT2D eigenvalue weighted by molar-refractivity contribution is -0.113. The normalized spacial score (nSPS) is 15.9. The predicted octanol–water partition coefficient (Wildman–Crippen LogP) is 3.10. The summed E-state index contributed by atoms with van der Waals surface area (Å²) in [5.74, 6) is -0.0369. The molecule has 1 fully saturated rings. The van der Waals surface area contributed by atoms with Crippen LogP contribution in [0.3, 0.4) is 0 Å². The van der Waals surface area contributed by atoms with Crippen molar-refractivity contribution >= 4 is 35.0 Å². The highest BCUT2D eigenvalue weighted by Gasteiger charge is 2.32. The van der Waals surface area contributed by atoms with E-state index in [9.17, 15) is 9.18 Å². The third kappa shape index (κ3) is 3.07. The van der Waals surface area contributed by atoms with Crippen molar-refractivity contribution < 1.29 is 13.9 Å². The van der Waals surface area contributed by atoms with E-state index in [2.05, 4.69) is 5.32 Å². The number of rotatable bonds is 3. The van der Waals surface area contributed by atoms with Crippen molar-refractivity contribution in [3.8, 4) is 5.75 Å². The highest BCUT2D eigenvalue weighted by molar-refractivity contribution is 7.80. The van der Waals surface area contributed by atoms with Crippen LogP contribution in [0.5, 0.6) is 5.75 Å². The van der Waals surface area contributed by atoms with Crippen LogP contribution in [0.25, 0.3) is 6.08 Å². The van der Waals surface area contributed by atoms with Crippen LogP contribution in [0.2, 0.25) is 0 Å². The molecule has 1 aliphatic rings. The van der Waals surface area contributed by atoms with Gasteiger partial charge in [0.1, 0.15) is 17.3 Å². The van der Waals surface area contributed by atoms with E-state index < -0.39 is 0 Å². The molecule has 0 spiro atoms. The third-order valence-electron chi connectivity index (χ3n) is 3.35. The van der Waals surface area contributed by atoms with Gasteiger partial charge in [0.15, 0.2) is 5.11 Å². The van der Waals surface area contributed by atoms with E-state index in [0.717, 1.165) is 0 Å². The quantitative estimate of drug-likeness (QED) is 0.694. The maximum atomic E-state index is 13.3. The zero-order chi connectivity index (χ0) is 16.4. The van der Waals surface area contributed by atoms with Gasteiger partial charge in [-0.1, -0.05) is 18.2 Å². The van der Waals surface area contributed by atoms with Crippen LogP contribution in [-0.4, -0.2) is 18.1 Å². The number of anilines is 1. The lowest BCUT2D eigenvalue weighted by atomic mass is 10.2. The standard InChI is InChI=1S/C17H13FN2O2S/c1-22-14-7-3-6-13(10-14)20-16(21)15(19-17(20)23)9-11-4-2-5-12(18)8-11/h2-10H,1H3,(H,19,23)/b15-9-. The summed E-state index contributed by atoms with van der Waals surface area (Å²) in [6.07, 6.45) is 1.57. The van der Waals surface area contributed by atoms with Crippen molar-refractivity contribution in [2.24, 2.45) is 0 Å². The molecule has 0 saturated carbocycles. The topological polar surface area (TPSA) is 41.6 Å². The fraction of sp³-hybridized carbons (Fsp3) is 0.0588. The van der Waals surface area contributed by atoms with E-state index in [1.807, 2.05) is 0 Å². The molecule has 3 rings (SSSR count). The van der Waals surface area contributed by atoms with Crippen LogP contribution in [0.4, 0.5) is 10.1 Å². The highest BCUT2D eigenvalue weighted by Crippen LogP contribution is 2.26. The number of methoxy groups -OCH3 is 1. The van der Waals surface area contributed by atoms with Crippen molar-refractivity contribution in [2.75, 3.05) is 12.0 Å². The fourth-order valence-electron chi connectivity index (χ4n) is 2.28. The zero-order valence-electron chi connectivity index (χ0n) is 12.2. The maximum Gasteiger partial charge on any atom is 0.281 e. The van der Waals surface area contributed by atoms with Crippen LogP contribution in [0.15, 0.2) is 54.2 Å². The first-order chi connectivity index (χ1) is 11.1. The number of hydrogen-bond donors (Lipinski definition) is 1. The number of ether oxygens (including phenoxy) is 1. The van der Waals surface area contributed by atoms with Crippen LogP contribution in [0.1, 0.15) is 5.56 Å². The molecule has 23 heavy (non-hydrogen) atoms. The number of hydrogen-bond acceptors (Lipinski definition) is 3. The Hall–Kier alpha value is -2.73. The number of amides is 1. The summed E-state index contributed by atoms with van der Waals surface area (Å²) in [5, 5.41) is 3.13. The number of benzene rings is 2. The molecule has 6 heteroatoms. The van der Waals surface area contributed by atoms with E-state index in [-0.39, 0.29) is 16.8 Å². The Kier molecular flexibility index (Phi) is 4.08. The SMILES string of the molecule is COc1cccc(N2C(=O)/C(=C/c3cccc(F)c3)NC2=S)c1. The first-order valence-electron chi connectivity index (χ1n) is 6.85. The maximum absolute atomic E-state index is 13.3. The van der Waals surface area contributed by atoms with Gasteiger partial charge in [-0.05, 0) is 48.1 Å². The summed E-state index contributed by atoms with van der Waals surface area (Å²) >= 11 is 5.24. The van der Waals surface area contributed by atoms with E-state index in [0.29, 0.717) is 22.7 Å². The second-order valence-electron chi connectivity index (χ2n) is 4.89. The van der Waals surface area contributed by atoms with Crippen LogP contribution in [0, 0.1) is 5.82 Å². The van der Waals surface area contributed by atoms with Gasteiger partial charge in [-0.15, -0.1) is 0 Å². The number of carbonyl (C=O) groups is 1. The Balaban J connectivity index is 1.93. The summed E-state index contributed by atoms with van der Waals surface area (Å²) in [5.41, 5.74) is 1.48. The summed E-state index contributed by atoms with van der Waals surface area (Å²) in [4.78, 5) is 14.0. The molecule has 0 unspecified atom stereocenters. The van der Waals surface area contributed by atoms with Crippen LogP contribution >= 0.6 is 12.2 Å². The van der Waals surface area contributed by atoms with Crippen LogP contribution in [-0.2, 0) is 4.79 Å².